The number of nitrogens with two attached hydrogens (primary N) is 1. The SMILES string of the molecule is COc1ccc(CNC(=O)[C@@H]2CCC[C@@H]2CN)c(OC)c1. The van der Waals surface area contributed by atoms with E-state index < -0.39 is 0 Å². The summed E-state index contributed by atoms with van der Waals surface area (Å²) in [5, 5.41) is 3.00. The van der Waals surface area contributed by atoms with Gasteiger partial charge in [0.15, 0.2) is 0 Å². The number of ether oxygens (including phenoxy) is 2. The van der Waals surface area contributed by atoms with E-state index in [-0.39, 0.29) is 11.8 Å². The second-order valence-electron chi connectivity index (χ2n) is 5.43. The lowest BCUT2D eigenvalue weighted by molar-refractivity contribution is -0.126. The summed E-state index contributed by atoms with van der Waals surface area (Å²) in [6.45, 7) is 1.05. The zero-order chi connectivity index (χ0) is 15.2. The number of nitrogens with one attached hydrogen (secondary N) is 1. The fourth-order valence-electron chi connectivity index (χ4n) is 2.98. The van der Waals surface area contributed by atoms with E-state index in [4.69, 9.17) is 15.2 Å². The first-order valence-corrected chi connectivity index (χ1v) is 7.38. The highest BCUT2D eigenvalue weighted by Crippen LogP contribution is 2.31. The van der Waals surface area contributed by atoms with Crippen LogP contribution in [0.25, 0.3) is 0 Å². The number of rotatable bonds is 6. The smallest absolute Gasteiger partial charge is 0.223 e. The predicted octanol–water partition coefficient (Wildman–Crippen LogP) is 1.69. The van der Waals surface area contributed by atoms with Crippen LogP contribution in [0.5, 0.6) is 11.5 Å². The largest absolute Gasteiger partial charge is 0.497 e. The van der Waals surface area contributed by atoms with Gasteiger partial charge in [-0.2, -0.15) is 0 Å². The summed E-state index contributed by atoms with van der Waals surface area (Å²) in [4.78, 5) is 12.3. The molecule has 1 aliphatic carbocycles. The number of benzene rings is 1. The molecule has 1 fully saturated rings. The van der Waals surface area contributed by atoms with Crippen LogP contribution < -0.4 is 20.5 Å². The van der Waals surface area contributed by atoms with E-state index >= 15 is 0 Å². The Labute approximate surface area is 125 Å². The molecule has 5 heteroatoms. The Morgan fingerprint density at radius 2 is 2.14 bits per heavy atom. The molecule has 3 N–H and O–H groups in total. The summed E-state index contributed by atoms with van der Waals surface area (Å²) < 4.78 is 10.5. The number of carbonyl (C=O) groups excluding carboxylic acids is 1. The standard InChI is InChI=1S/C16H24N2O3/c1-20-13-7-6-12(15(8-13)21-2)10-18-16(19)14-5-3-4-11(14)9-17/h6-8,11,14H,3-5,9-10,17H2,1-2H3,(H,18,19)/t11-,14-/m1/s1. The van der Waals surface area contributed by atoms with Crippen molar-refractivity contribution in [1.29, 1.82) is 0 Å². The number of carbonyl (C=O) groups is 1. The van der Waals surface area contributed by atoms with E-state index in [0.29, 0.717) is 19.0 Å². The van der Waals surface area contributed by atoms with E-state index in [2.05, 4.69) is 5.32 Å². The summed E-state index contributed by atoms with van der Waals surface area (Å²) in [5.41, 5.74) is 6.67. The monoisotopic (exact) mass is 292 g/mol. The second-order valence-corrected chi connectivity index (χ2v) is 5.43. The lowest BCUT2D eigenvalue weighted by Crippen LogP contribution is -2.34. The molecule has 2 rings (SSSR count). The lowest BCUT2D eigenvalue weighted by Gasteiger charge is -2.18. The van der Waals surface area contributed by atoms with Crippen LogP contribution in [0.4, 0.5) is 0 Å². The Morgan fingerprint density at radius 3 is 2.81 bits per heavy atom. The number of methoxy groups -OCH3 is 2. The van der Waals surface area contributed by atoms with Gasteiger partial charge in [-0.05, 0) is 37.4 Å². The van der Waals surface area contributed by atoms with Gasteiger partial charge in [0.05, 0.1) is 14.2 Å². The van der Waals surface area contributed by atoms with Crippen LogP contribution in [0.3, 0.4) is 0 Å². The molecular weight excluding hydrogens is 268 g/mol. The summed E-state index contributed by atoms with van der Waals surface area (Å²) in [7, 11) is 3.23. The maximum Gasteiger partial charge on any atom is 0.223 e. The van der Waals surface area contributed by atoms with Crippen molar-refractivity contribution >= 4 is 5.91 Å². The van der Waals surface area contributed by atoms with Crippen molar-refractivity contribution in [2.45, 2.75) is 25.8 Å². The molecule has 0 aliphatic heterocycles. The van der Waals surface area contributed by atoms with Gasteiger partial charge in [-0.15, -0.1) is 0 Å². The Hall–Kier alpha value is -1.75. The van der Waals surface area contributed by atoms with Crippen LogP contribution >= 0.6 is 0 Å². The number of amides is 1. The van der Waals surface area contributed by atoms with Crippen molar-refractivity contribution in [3.8, 4) is 11.5 Å². The van der Waals surface area contributed by atoms with Crippen molar-refractivity contribution in [3.05, 3.63) is 23.8 Å². The Kier molecular flexibility index (Phi) is 5.44. The minimum Gasteiger partial charge on any atom is -0.497 e. The summed E-state index contributed by atoms with van der Waals surface area (Å²) >= 11 is 0. The molecule has 0 saturated heterocycles. The molecule has 1 saturated carbocycles. The number of hydrogen-bond donors (Lipinski definition) is 2. The molecule has 1 amide bonds. The molecule has 21 heavy (non-hydrogen) atoms. The van der Waals surface area contributed by atoms with Crippen molar-refractivity contribution in [1.82, 2.24) is 5.32 Å². The first-order chi connectivity index (χ1) is 10.2. The molecule has 1 aromatic carbocycles. The minimum absolute atomic E-state index is 0.0549. The predicted molar refractivity (Wildman–Crippen MR) is 81.3 cm³/mol. The molecule has 0 heterocycles. The van der Waals surface area contributed by atoms with E-state index in [9.17, 15) is 4.79 Å². The summed E-state index contributed by atoms with van der Waals surface area (Å²) in [6.07, 6.45) is 3.08. The third kappa shape index (κ3) is 3.67. The summed E-state index contributed by atoms with van der Waals surface area (Å²) in [6, 6.07) is 5.59. The molecule has 2 atom stereocenters. The van der Waals surface area contributed by atoms with Crippen LogP contribution in [-0.4, -0.2) is 26.7 Å². The third-order valence-electron chi connectivity index (χ3n) is 4.25. The van der Waals surface area contributed by atoms with E-state index in [0.717, 1.165) is 36.3 Å². The molecular formula is C16H24N2O3. The van der Waals surface area contributed by atoms with Gasteiger partial charge in [0, 0.05) is 24.1 Å². The quantitative estimate of drug-likeness (QED) is 0.837. The zero-order valence-corrected chi connectivity index (χ0v) is 12.7. The second kappa shape index (κ2) is 7.31. The highest BCUT2D eigenvalue weighted by atomic mass is 16.5. The highest BCUT2D eigenvalue weighted by Gasteiger charge is 2.31. The molecule has 0 unspecified atom stereocenters. The molecule has 0 bridgehead atoms. The molecule has 116 valence electrons. The van der Waals surface area contributed by atoms with Gasteiger partial charge < -0.3 is 20.5 Å². The van der Waals surface area contributed by atoms with Crippen LogP contribution in [0.1, 0.15) is 24.8 Å². The molecule has 0 spiro atoms. The van der Waals surface area contributed by atoms with Crippen molar-refractivity contribution in [2.24, 2.45) is 17.6 Å². The molecule has 5 nitrogen and oxygen atoms in total. The van der Waals surface area contributed by atoms with E-state index in [1.807, 2.05) is 18.2 Å². The molecule has 1 aromatic rings. The van der Waals surface area contributed by atoms with Gasteiger partial charge in [0.1, 0.15) is 11.5 Å². The van der Waals surface area contributed by atoms with Gasteiger partial charge >= 0.3 is 0 Å². The van der Waals surface area contributed by atoms with Crippen molar-refractivity contribution in [3.63, 3.8) is 0 Å². The fourth-order valence-corrected chi connectivity index (χ4v) is 2.98. The maximum atomic E-state index is 12.3. The van der Waals surface area contributed by atoms with Crippen molar-refractivity contribution < 1.29 is 14.3 Å². The third-order valence-corrected chi connectivity index (χ3v) is 4.25. The number of hydrogen-bond acceptors (Lipinski definition) is 4. The van der Waals surface area contributed by atoms with Crippen LogP contribution in [-0.2, 0) is 11.3 Å². The first kappa shape index (κ1) is 15.6. The summed E-state index contributed by atoms with van der Waals surface area (Å²) in [5.74, 6) is 1.93. The molecule has 1 aliphatic rings. The van der Waals surface area contributed by atoms with Crippen LogP contribution in [0, 0.1) is 11.8 Å². The normalized spacial score (nSPS) is 21.1. The van der Waals surface area contributed by atoms with Crippen molar-refractivity contribution in [2.75, 3.05) is 20.8 Å². The molecule has 0 radical (unpaired) electrons. The van der Waals surface area contributed by atoms with Crippen LogP contribution in [0.15, 0.2) is 18.2 Å². The lowest BCUT2D eigenvalue weighted by atomic mass is 9.95. The average molecular weight is 292 g/mol. The van der Waals surface area contributed by atoms with Crippen LogP contribution in [0.2, 0.25) is 0 Å². The Balaban J connectivity index is 1.97. The van der Waals surface area contributed by atoms with Gasteiger partial charge in [-0.25, -0.2) is 0 Å². The minimum atomic E-state index is 0.0549. The van der Waals surface area contributed by atoms with Gasteiger partial charge in [-0.1, -0.05) is 6.42 Å². The van der Waals surface area contributed by atoms with Gasteiger partial charge in [-0.3, -0.25) is 4.79 Å². The maximum absolute atomic E-state index is 12.3. The first-order valence-electron chi connectivity index (χ1n) is 7.38. The average Bonchev–Trinajstić information content (AvgIpc) is 3.01. The molecule has 0 aromatic heterocycles. The highest BCUT2D eigenvalue weighted by molar-refractivity contribution is 5.79. The van der Waals surface area contributed by atoms with E-state index in [1.165, 1.54) is 0 Å². The Morgan fingerprint density at radius 1 is 1.33 bits per heavy atom. The van der Waals surface area contributed by atoms with E-state index in [1.54, 1.807) is 14.2 Å². The Bertz CT molecular complexity index is 490. The van der Waals surface area contributed by atoms with Gasteiger partial charge in [0.25, 0.3) is 0 Å². The van der Waals surface area contributed by atoms with Gasteiger partial charge in [0.2, 0.25) is 5.91 Å². The fraction of sp³-hybridized carbons (Fsp3) is 0.562. The topological polar surface area (TPSA) is 73.6 Å². The zero-order valence-electron chi connectivity index (χ0n) is 12.7.